The molecule has 6 nitrogen and oxygen atoms in total. The van der Waals surface area contributed by atoms with Gasteiger partial charge in [0.15, 0.2) is 9.84 Å². The molecule has 1 amide bonds. The first-order valence-electron chi connectivity index (χ1n) is 3.95. The lowest BCUT2D eigenvalue weighted by atomic mass is 10.6. The maximum Gasteiger partial charge on any atom is 0.322 e. The Morgan fingerprint density at radius 3 is 2.21 bits per heavy atom. The maximum absolute atomic E-state index is 11.2. The molecule has 0 fully saturated rings. The van der Waals surface area contributed by atoms with Crippen LogP contribution >= 0.6 is 0 Å². The molecule has 0 radical (unpaired) electrons. The number of rotatable bonds is 5. The summed E-state index contributed by atoms with van der Waals surface area (Å²) < 4.78 is 22.4. The molecule has 0 aromatic carbocycles. The Morgan fingerprint density at radius 2 is 1.86 bits per heavy atom. The largest absolute Gasteiger partial charge is 0.480 e. The van der Waals surface area contributed by atoms with Crippen LogP contribution in [0.3, 0.4) is 0 Å². The third kappa shape index (κ3) is 4.80. The first kappa shape index (κ1) is 12.9. The highest BCUT2D eigenvalue weighted by atomic mass is 32.2. The van der Waals surface area contributed by atoms with Crippen LogP contribution in [0.4, 0.5) is 0 Å². The molecule has 0 aliphatic heterocycles. The van der Waals surface area contributed by atoms with Crippen molar-refractivity contribution in [1.82, 2.24) is 5.32 Å². The van der Waals surface area contributed by atoms with Crippen LogP contribution in [-0.2, 0) is 19.4 Å². The highest BCUT2D eigenvalue weighted by Crippen LogP contribution is 1.99. The van der Waals surface area contributed by atoms with E-state index in [0.717, 1.165) is 0 Å². The van der Waals surface area contributed by atoms with Gasteiger partial charge in [-0.15, -0.1) is 0 Å². The van der Waals surface area contributed by atoms with Gasteiger partial charge in [0.05, 0.1) is 5.25 Å². The lowest BCUT2D eigenvalue weighted by molar-refractivity contribution is -0.137. The lowest BCUT2D eigenvalue weighted by Crippen LogP contribution is -2.36. The fourth-order valence-corrected chi connectivity index (χ4v) is 1.38. The molecule has 0 bridgehead atoms. The van der Waals surface area contributed by atoms with E-state index in [0.29, 0.717) is 0 Å². The minimum Gasteiger partial charge on any atom is -0.480 e. The van der Waals surface area contributed by atoms with Crippen molar-refractivity contribution in [3.63, 3.8) is 0 Å². The van der Waals surface area contributed by atoms with Crippen molar-refractivity contribution in [2.45, 2.75) is 19.1 Å². The average molecular weight is 223 g/mol. The van der Waals surface area contributed by atoms with Crippen LogP contribution in [0.1, 0.15) is 13.8 Å². The van der Waals surface area contributed by atoms with Gasteiger partial charge < -0.3 is 10.4 Å². The van der Waals surface area contributed by atoms with E-state index in [4.69, 9.17) is 5.11 Å². The van der Waals surface area contributed by atoms with E-state index < -0.39 is 39.3 Å². The summed E-state index contributed by atoms with van der Waals surface area (Å²) in [6, 6.07) is 0. The fraction of sp³-hybridized carbons (Fsp3) is 0.714. The van der Waals surface area contributed by atoms with Gasteiger partial charge in [-0.25, -0.2) is 8.42 Å². The van der Waals surface area contributed by atoms with Crippen molar-refractivity contribution in [2.24, 2.45) is 0 Å². The lowest BCUT2D eigenvalue weighted by Gasteiger charge is -2.06. The molecule has 0 saturated heterocycles. The first-order chi connectivity index (χ1) is 6.25. The molecule has 0 unspecified atom stereocenters. The molecule has 0 atom stereocenters. The molecule has 0 aliphatic rings. The van der Waals surface area contributed by atoms with E-state index in [1.807, 2.05) is 5.32 Å². The molecule has 0 rings (SSSR count). The van der Waals surface area contributed by atoms with Gasteiger partial charge in [0, 0.05) is 0 Å². The summed E-state index contributed by atoms with van der Waals surface area (Å²) in [5.41, 5.74) is 0. The molecular formula is C7H13NO5S. The maximum atomic E-state index is 11.2. The van der Waals surface area contributed by atoms with Crippen molar-refractivity contribution in [1.29, 1.82) is 0 Å². The molecule has 2 N–H and O–H groups in total. The molecule has 0 saturated carbocycles. The number of hydrogen-bond acceptors (Lipinski definition) is 4. The van der Waals surface area contributed by atoms with Crippen LogP contribution in [0.5, 0.6) is 0 Å². The van der Waals surface area contributed by atoms with Gasteiger partial charge in [-0.05, 0) is 13.8 Å². The van der Waals surface area contributed by atoms with Crippen molar-refractivity contribution >= 4 is 21.7 Å². The Bertz CT molecular complexity index is 319. The van der Waals surface area contributed by atoms with Gasteiger partial charge in [-0.3, -0.25) is 9.59 Å². The third-order valence-corrected chi connectivity index (χ3v) is 3.59. The molecule has 0 aromatic rings. The van der Waals surface area contributed by atoms with Crippen LogP contribution in [0.2, 0.25) is 0 Å². The Hall–Kier alpha value is -1.11. The highest BCUT2D eigenvalue weighted by Gasteiger charge is 2.20. The number of carboxylic acid groups (broad SMARTS) is 1. The quantitative estimate of drug-likeness (QED) is 0.623. The van der Waals surface area contributed by atoms with Gasteiger partial charge in [0.1, 0.15) is 12.3 Å². The van der Waals surface area contributed by atoms with E-state index in [1.165, 1.54) is 13.8 Å². The van der Waals surface area contributed by atoms with Crippen LogP contribution in [0, 0.1) is 0 Å². The number of carboxylic acids is 1. The zero-order chi connectivity index (χ0) is 11.4. The van der Waals surface area contributed by atoms with Gasteiger partial charge in [-0.1, -0.05) is 0 Å². The van der Waals surface area contributed by atoms with E-state index in [2.05, 4.69) is 0 Å². The van der Waals surface area contributed by atoms with E-state index in [9.17, 15) is 18.0 Å². The predicted octanol–water partition coefficient (Wildman–Crippen LogP) is -0.990. The summed E-state index contributed by atoms with van der Waals surface area (Å²) in [5.74, 6) is -2.67. The normalized spacial score (nSPS) is 11.4. The first-order valence-corrected chi connectivity index (χ1v) is 5.67. The second kappa shape index (κ2) is 4.94. The molecule has 7 heteroatoms. The Labute approximate surface area is 82.2 Å². The number of aliphatic carboxylic acids is 1. The van der Waals surface area contributed by atoms with Crippen LogP contribution in [0.25, 0.3) is 0 Å². The van der Waals surface area contributed by atoms with Crippen LogP contribution < -0.4 is 5.32 Å². The smallest absolute Gasteiger partial charge is 0.322 e. The Morgan fingerprint density at radius 1 is 1.36 bits per heavy atom. The van der Waals surface area contributed by atoms with Crippen LogP contribution in [-0.4, -0.2) is 42.9 Å². The molecular weight excluding hydrogens is 210 g/mol. The molecule has 0 spiro atoms. The number of carbonyl (C=O) groups excluding carboxylic acids is 1. The zero-order valence-corrected chi connectivity index (χ0v) is 8.80. The Balaban J connectivity index is 4.14. The summed E-state index contributed by atoms with van der Waals surface area (Å²) in [7, 11) is -3.45. The van der Waals surface area contributed by atoms with Crippen molar-refractivity contribution in [3.8, 4) is 0 Å². The number of carbonyl (C=O) groups is 2. The minimum absolute atomic E-state index is 0.563. The second-order valence-electron chi connectivity index (χ2n) is 3.03. The van der Waals surface area contributed by atoms with E-state index >= 15 is 0 Å². The minimum atomic E-state index is -3.45. The van der Waals surface area contributed by atoms with E-state index in [1.54, 1.807) is 0 Å². The van der Waals surface area contributed by atoms with Gasteiger partial charge >= 0.3 is 5.97 Å². The summed E-state index contributed by atoms with van der Waals surface area (Å²) in [6.45, 7) is 2.35. The molecule has 0 heterocycles. The number of hydrogen-bond donors (Lipinski definition) is 2. The van der Waals surface area contributed by atoms with Crippen molar-refractivity contribution in [2.75, 3.05) is 12.3 Å². The molecule has 0 aromatic heterocycles. The second-order valence-corrected chi connectivity index (χ2v) is 5.58. The van der Waals surface area contributed by atoms with Gasteiger partial charge in [0.2, 0.25) is 5.91 Å². The molecule has 0 aliphatic carbocycles. The summed E-state index contributed by atoms with van der Waals surface area (Å²) in [6.07, 6.45) is 0. The number of sulfone groups is 1. The summed E-state index contributed by atoms with van der Waals surface area (Å²) >= 11 is 0. The van der Waals surface area contributed by atoms with Gasteiger partial charge in [-0.2, -0.15) is 0 Å². The average Bonchev–Trinajstić information content (AvgIpc) is 1.99. The summed E-state index contributed by atoms with van der Waals surface area (Å²) in [4.78, 5) is 21.0. The standard InChI is InChI=1S/C7H13NO5S/c1-5(2)14(12,13)4-6(9)8-3-7(10)11/h5H,3-4H2,1-2H3,(H,8,9)(H,10,11). The predicted molar refractivity (Wildman–Crippen MR) is 49.6 cm³/mol. The highest BCUT2D eigenvalue weighted by molar-refractivity contribution is 7.92. The van der Waals surface area contributed by atoms with Gasteiger partial charge in [0.25, 0.3) is 0 Å². The topological polar surface area (TPSA) is 101 Å². The third-order valence-electron chi connectivity index (χ3n) is 1.49. The molecule has 82 valence electrons. The monoisotopic (exact) mass is 223 g/mol. The zero-order valence-electron chi connectivity index (χ0n) is 7.98. The van der Waals surface area contributed by atoms with E-state index in [-0.39, 0.29) is 0 Å². The SMILES string of the molecule is CC(C)S(=O)(=O)CC(=O)NCC(=O)O. The number of nitrogens with one attached hydrogen (secondary N) is 1. The fourth-order valence-electron chi connectivity index (χ4n) is 0.575. The number of amides is 1. The van der Waals surface area contributed by atoms with Crippen LogP contribution in [0.15, 0.2) is 0 Å². The molecule has 14 heavy (non-hydrogen) atoms. The van der Waals surface area contributed by atoms with Crippen molar-refractivity contribution in [3.05, 3.63) is 0 Å². The van der Waals surface area contributed by atoms with Crippen molar-refractivity contribution < 1.29 is 23.1 Å². The Kier molecular flexibility index (Phi) is 4.55. The summed E-state index contributed by atoms with van der Waals surface area (Å²) in [5, 5.41) is 9.54.